The molecular formula is C17H28N2O2. The summed E-state index contributed by atoms with van der Waals surface area (Å²) in [4.78, 5) is 13.9. The number of benzene rings is 1. The summed E-state index contributed by atoms with van der Waals surface area (Å²) in [6.45, 7) is 4.94. The Hall–Kier alpha value is -1.55. The highest BCUT2D eigenvalue weighted by Crippen LogP contribution is 2.13. The van der Waals surface area contributed by atoms with E-state index >= 15 is 0 Å². The fraction of sp³-hybridized carbons (Fsp3) is 0.588. The molecule has 0 radical (unpaired) electrons. The Morgan fingerprint density at radius 1 is 1.29 bits per heavy atom. The molecule has 4 nitrogen and oxygen atoms in total. The highest BCUT2D eigenvalue weighted by atomic mass is 16.5. The molecule has 0 aliphatic carbocycles. The topological polar surface area (TPSA) is 55.6 Å². The average molecular weight is 292 g/mol. The van der Waals surface area contributed by atoms with E-state index in [0.29, 0.717) is 12.3 Å². The molecule has 2 N–H and O–H groups in total. The standard InChI is InChI=1S/C17H28N2O2/c1-13(2)16(18)11-12-19(3)17(20)10-7-14-5-8-15(21-4)9-6-14/h5-6,8-9,13,16H,7,10-12,18H2,1-4H3. The maximum Gasteiger partial charge on any atom is 0.222 e. The van der Waals surface area contributed by atoms with E-state index in [2.05, 4.69) is 13.8 Å². The first-order valence-corrected chi connectivity index (χ1v) is 7.56. The molecule has 21 heavy (non-hydrogen) atoms. The summed E-state index contributed by atoms with van der Waals surface area (Å²) in [6, 6.07) is 8.00. The van der Waals surface area contributed by atoms with E-state index in [9.17, 15) is 4.79 Å². The number of rotatable bonds is 8. The maximum atomic E-state index is 12.1. The highest BCUT2D eigenvalue weighted by molar-refractivity contribution is 5.76. The van der Waals surface area contributed by atoms with Crippen molar-refractivity contribution in [2.45, 2.75) is 39.2 Å². The van der Waals surface area contributed by atoms with Gasteiger partial charge in [0.25, 0.3) is 0 Å². The van der Waals surface area contributed by atoms with Crippen LogP contribution in [0, 0.1) is 5.92 Å². The van der Waals surface area contributed by atoms with Crippen molar-refractivity contribution >= 4 is 5.91 Å². The molecule has 0 saturated heterocycles. The van der Waals surface area contributed by atoms with E-state index in [1.165, 1.54) is 0 Å². The normalized spacial score (nSPS) is 12.3. The number of aryl methyl sites for hydroxylation is 1. The van der Waals surface area contributed by atoms with Gasteiger partial charge in [-0.05, 0) is 36.5 Å². The van der Waals surface area contributed by atoms with Crippen LogP contribution < -0.4 is 10.5 Å². The molecular weight excluding hydrogens is 264 g/mol. The number of nitrogens with zero attached hydrogens (tertiary/aromatic N) is 1. The van der Waals surface area contributed by atoms with Crippen LogP contribution in [0.3, 0.4) is 0 Å². The summed E-state index contributed by atoms with van der Waals surface area (Å²) in [5, 5.41) is 0. The zero-order valence-electron chi connectivity index (χ0n) is 13.6. The number of nitrogens with two attached hydrogens (primary N) is 1. The van der Waals surface area contributed by atoms with Gasteiger partial charge in [0.2, 0.25) is 5.91 Å². The fourth-order valence-electron chi connectivity index (χ4n) is 2.04. The second kappa shape index (κ2) is 8.67. The number of amides is 1. The molecule has 1 aromatic carbocycles. The van der Waals surface area contributed by atoms with Crippen LogP contribution in [0.1, 0.15) is 32.3 Å². The van der Waals surface area contributed by atoms with Crippen LogP contribution in [-0.2, 0) is 11.2 Å². The fourth-order valence-corrected chi connectivity index (χ4v) is 2.04. The lowest BCUT2D eigenvalue weighted by atomic mass is 10.0. The molecule has 0 aliphatic heterocycles. The zero-order valence-corrected chi connectivity index (χ0v) is 13.6. The summed E-state index contributed by atoms with van der Waals surface area (Å²) >= 11 is 0. The van der Waals surface area contributed by atoms with E-state index in [1.807, 2.05) is 31.3 Å². The minimum absolute atomic E-state index is 0.154. The van der Waals surface area contributed by atoms with Gasteiger partial charge >= 0.3 is 0 Å². The van der Waals surface area contributed by atoms with Crippen LogP contribution in [0.2, 0.25) is 0 Å². The number of ether oxygens (including phenoxy) is 1. The Bertz CT molecular complexity index is 429. The molecule has 1 rings (SSSR count). The largest absolute Gasteiger partial charge is 0.497 e. The summed E-state index contributed by atoms with van der Waals surface area (Å²) in [6.07, 6.45) is 2.13. The van der Waals surface area contributed by atoms with Gasteiger partial charge in [-0.2, -0.15) is 0 Å². The number of carbonyl (C=O) groups excluding carboxylic acids is 1. The lowest BCUT2D eigenvalue weighted by Crippen LogP contribution is -2.34. The molecule has 0 bridgehead atoms. The second-order valence-electron chi connectivity index (χ2n) is 5.86. The zero-order chi connectivity index (χ0) is 15.8. The molecule has 1 amide bonds. The van der Waals surface area contributed by atoms with E-state index in [4.69, 9.17) is 10.5 Å². The minimum atomic E-state index is 0.154. The van der Waals surface area contributed by atoms with Gasteiger partial charge in [0, 0.05) is 26.1 Å². The Labute approximate surface area is 128 Å². The smallest absolute Gasteiger partial charge is 0.222 e. The maximum absolute atomic E-state index is 12.1. The van der Waals surface area contributed by atoms with Crippen molar-refractivity contribution < 1.29 is 9.53 Å². The molecule has 118 valence electrons. The van der Waals surface area contributed by atoms with Crippen molar-refractivity contribution in [1.29, 1.82) is 0 Å². The van der Waals surface area contributed by atoms with Gasteiger partial charge in [0.1, 0.15) is 5.75 Å². The lowest BCUT2D eigenvalue weighted by Gasteiger charge is -2.21. The van der Waals surface area contributed by atoms with Gasteiger partial charge in [-0.1, -0.05) is 26.0 Å². The second-order valence-corrected chi connectivity index (χ2v) is 5.86. The summed E-state index contributed by atoms with van der Waals surface area (Å²) in [5.74, 6) is 1.46. The third-order valence-corrected chi connectivity index (χ3v) is 3.87. The van der Waals surface area contributed by atoms with E-state index < -0.39 is 0 Å². The van der Waals surface area contributed by atoms with Gasteiger partial charge in [0.15, 0.2) is 0 Å². The van der Waals surface area contributed by atoms with E-state index in [1.54, 1.807) is 12.0 Å². The van der Waals surface area contributed by atoms with Crippen molar-refractivity contribution in [3.8, 4) is 5.75 Å². The first kappa shape index (κ1) is 17.5. The van der Waals surface area contributed by atoms with E-state index in [0.717, 1.165) is 30.7 Å². The highest BCUT2D eigenvalue weighted by Gasteiger charge is 2.12. The first-order chi connectivity index (χ1) is 9.93. The SMILES string of the molecule is COc1ccc(CCC(=O)N(C)CCC(N)C(C)C)cc1. The molecule has 0 aliphatic rings. The predicted molar refractivity (Wildman–Crippen MR) is 86.4 cm³/mol. The van der Waals surface area contributed by atoms with Crippen LogP contribution in [0.5, 0.6) is 5.75 Å². The third-order valence-electron chi connectivity index (χ3n) is 3.87. The molecule has 0 saturated carbocycles. The van der Waals surface area contributed by atoms with Gasteiger partial charge < -0.3 is 15.4 Å². The van der Waals surface area contributed by atoms with Crippen molar-refractivity contribution in [3.63, 3.8) is 0 Å². The summed E-state index contributed by atoms with van der Waals surface area (Å²) in [7, 11) is 3.50. The van der Waals surface area contributed by atoms with Crippen molar-refractivity contribution in [2.75, 3.05) is 20.7 Å². The lowest BCUT2D eigenvalue weighted by molar-refractivity contribution is -0.129. The number of hydrogen-bond acceptors (Lipinski definition) is 3. The Morgan fingerprint density at radius 2 is 1.90 bits per heavy atom. The Balaban J connectivity index is 2.34. The average Bonchev–Trinajstić information content (AvgIpc) is 2.50. The van der Waals surface area contributed by atoms with Gasteiger partial charge in [-0.15, -0.1) is 0 Å². The van der Waals surface area contributed by atoms with Crippen molar-refractivity contribution in [1.82, 2.24) is 4.90 Å². The van der Waals surface area contributed by atoms with Crippen molar-refractivity contribution in [2.24, 2.45) is 11.7 Å². The molecule has 1 atom stereocenters. The molecule has 1 aromatic rings. The van der Waals surface area contributed by atoms with Gasteiger partial charge in [-0.3, -0.25) is 4.79 Å². The van der Waals surface area contributed by atoms with Crippen LogP contribution in [0.15, 0.2) is 24.3 Å². The molecule has 0 heterocycles. The quantitative estimate of drug-likeness (QED) is 0.801. The minimum Gasteiger partial charge on any atom is -0.497 e. The van der Waals surface area contributed by atoms with E-state index in [-0.39, 0.29) is 11.9 Å². The predicted octanol–water partition coefficient (Wildman–Crippen LogP) is 2.46. The molecule has 4 heteroatoms. The van der Waals surface area contributed by atoms with Gasteiger partial charge in [0.05, 0.1) is 7.11 Å². The molecule has 0 spiro atoms. The third kappa shape index (κ3) is 6.17. The summed E-state index contributed by atoms with van der Waals surface area (Å²) in [5.41, 5.74) is 7.16. The van der Waals surface area contributed by atoms with Crippen LogP contribution in [-0.4, -0.2) is 37.6 Å². The number of hydrogen-bond donors (Lipinski definition) is 1. The van der Waals surface area contributed by atoms with Crippen LogP contribution >= 0.6 is 0 Å². The van der Waals surface area contributed by atoms with Gasteiger partial charge in [-0.25, -0.2) is 0 Å². The van der Waals surface area contributed by atoms with Crippen molar-refractivity contribution in [3.05, 3.63) is 29.8 Å². The van der Waals surface area contributed by atoms with Crippen LogP contribution in [0.25, 0.3) is 0 Å². The first-order valence-electron chi connectivity index (χ1n) is 7.56. The number of carbonyl (C=O) groups is 1. The monoisotopic (exact) mass is 292 g/mol. The summed E-state index contributed by atoms with van der Waals surface area (Å²) < 4.78 is 5.12. The molecule has 0 fully saturated rings. The molecule has 1 unspecified atom stereocenters. The molecule has 0 aromatic heterocycles. The van der Waals surface area contributed by atoms with Crippen LogP contribution in [0.4, 0.5) is 0 Å². The Morgan fingerprint density at radius 3 is 2.43 bits per heavy atom. The number of methoxy groups -OCH3 is 1. The Kier molecular flexibility index (Phi) is 7.23.